The van der Waals surface area contributed by atoms with Gasteiger partial charge in [-0.3, -0.25) is 0 Å². The van der Waals surface area contributed by atoms with Gasteiger partial charge in [-0.2, -0.15) is 25.5 Å². The highest BCUT2D eigenvalue weighted by atomic mass is 35.5. The van der Waals surface area contributed by atoms with Crippen LogP contribution in [0.25, 0.3) is 0 Å². The van der Waals surface area contributed by atoms with Crippen LogP contribution in [0.5, 0.6) is 0 Å². The zero-order chi connectivity index (χ0) is 8.27. The van der Waals surface area contributed by atoms with Crippen LogP contribution in [0.3, 0.4) is 0 Å². The molecule has 6 heteroatoms. The summed E-state index contributed by atoms with van der Waals surface area (Å²) in [6.07, 6.45) is 0. The minimum atomic E-state index is -0.151. The Kier molecular flexibility index (Phi) is 1.95. The molecule has 0 radical (unpaired) electrons. The predicted molar refractivity (Wildman–Crippen MR) is 34.3 cm³/mol. The summed E-state index contributed by atoms with van der Waals surface area (Å²) in [6, 6.07) is 3.29. The molecule has 52 valence electrons. The second kappa shape index (κ2) is 2.91. The summed E-state index contributed by atoms with van der Waals surface area (Å²) in [5.74, 6) is -0.303. The van der Waals surface area contributed by atoms with Gasteiger partial charge in [0.15, 0.2) is 0 Å². The highest BCUT2D eigenvalue weighted by molar-refractivity contribution is 6.28. The zero-order valence-corrected chi connectivity index (χ0v) is 5.87. The average molecular weight is 166 g/mol. The van der Waals surface area contributed by atoms with Gasteiger partial charge < -0.3 is 0 Å². The van der Waals surface area contributed by atoms with Crippen molar-refractivity contribution in [1.29, 1.82) is 10.5 Å². The molecule has 0 fully saturated rings. The average Bonchev–Trinajstić information content (AvgIpc) is 2.03. The standard InChI is InChI=1S/C5ClN5/c6-5-10-3(1-7)9-4(2-8)11-5. The molecule has 1 heterocycles. The molecule has 0 unspecified atom stereocenters. The highest BCUT2D eigenvalue weighted by Gasteiger charge is 2.01. The van der Waals surface area contributed by atoms with E-state index in [2.05, 4.69) is 15.0 Å². The maximum atomic E-state index is 8.31. The lowest BCUT2D eigenvalue weighted by molar-refractivity contribution is 0.987. The minimum absolute atomic E-state index is 0.145. The van der Waals surface area contributed by atoms with Gasteiger partial charge in [0.1, 0.15) is 12.1 Å². The van der Waals surface area contributed by atoms with Gasteiger partial charge in [-0.1, -0.05) is 0 Å². The van der Waals surface area contributed by atoms with Crippen LogP contribution in [0.15, 0.2) is 0 Å². The van der Waals surface area contributed by atoms with E-state index in [1.165, 1.54) is 0 Å². The van der Waals surface area contributed by atoms with E-state index in [1.807, 2.05) is 0 Å². The van der Waals surface area contributed by atoms with Gasteiger partial charge in [0, 0.05) is 0 Å². The third-order valence-electron chi connectivity index (χ3n) is 0.808. The van der Waals surface area contributed by atoms with Crippen molar-refractivity contribution in [3.05, 3.63) is 16.9 Å². The van der Waals surface area contributed by atoms with E-state index in [-0.39, 0.29) is 16.9 Å². The third-order valence-corrected chi connectivity index (χ3v) is 0.977. The lowest BCUT2D eigenvalue weighted by atomic mass is 10.6. The Morgan fingerprint density at radius 3 is 1.82 bits per heavy atom. The van der Waals surface area contributed by atoms with Crippen LogP contribution < -0.4 is 0 Å². The first-order valence-electron chi connectivity index (χ1n) is 2.48. The topological polar surface area (TPSA) is 86.2 Å². The fourth-order valence-electron chi connectivity index (χ4n) is 0.450. The number of hydrogen-bond donors (Lipinski definition) is 0. The first-order chi connectivity index (χ1) is 5.26. The second-order valence-corrected chi connectivity index (χ2v) is 1.81. The van der Waals surface area contributed by atoms with E-state index in [9.17, 15) is 0 Å². The molecule has 0 aliphatic rings. The Morgan fingerprint density at radius 2 is 1.45 bits per heavy atom. The van der Waals surface area contributed by atoms with Crippen molar-refractivity contribution in [2.75, 3.05) is 0 Å². The molecule has 0 spiro atoms. The summed E-state index contributed by atoms with van der Waals surface area (Å²) >= 11 is 5.34. The SMILES string of the molecule is N#Cc1nc(Cl)nc(C#N)n1. The van der Waals surface area contributed by atoms with Gasteiger partial charge >= 0.3 is 0 Å². The van der Waals surface area contributed by atoms with Gasteiger partial charge in [-0.05, 0) is 11.6 Å². The molecule has 0 saturated carbocycles. The summed E-state index contributed by atoms with van der Waals surface area (Å²) in [7, 11) is 0. The molecule has 5 nitrogen and oxygen atoms in total. The molecule has 1 aromatic heterocycles. The smallest absolute Gasteiger partial charge is 0.189 e. The number of hydrogen-bond acceptors (Lipinski definition) is 5. The molecule has 0 atom stereocenters. The van der Waals surface area contributed by atoms with Crippen molar-refractivity contribution in [1.82, 2.24) is 15.0 Å². The molecule has 0 aromatic carbocycles. The quantitative estimate of drug-likeness (QED) is 0.551. The van der Waals surface area contributed by atoms with Crippen molar-refractivity contribution in [3.63, 3.8) is 0 Å². The number of rotatable bonds is 0. The zero-order valence-electron chi connectivity index (χ0n) is 5.11. The summed E-state index contributed by atoms with van der Waals surface area (Å²) in [5, 5.41) is 16.5. The lowest BCUT2D eigenvalue weighted by Crippen LogP contribution is -1.96. The number of nitrogens with zero attached hydrogens (tertiary/aromatic N) is 5. The van der Waals surface area contributed by atoms with Crippen LogP contribution in [0.2, 0.25) is 5.28 Å². The van der Waals surface area contributed by atoms with Crippen molar-refractivity contribution >= 4 is 11.6 Å². The normalized spacial score (nSPS) is 8.27. The number of aromatic nitrogens is 3. The molecule has 1 rings (SSSR count). The molecule has 0 aliphatic heterocycles. The summed E-state index contributed by atoms with van der Waals surface area (Å²) in [5.41, 5.74) is 0. The predicted octanol–water partition coefficient (Wildman–Crippen LogP) is 0.268. The van der Waals surface area contributed by atoms with Crippen LogP contribution in [0.4, 0.5) is 0 Å². The molecule has 0 bridgehead atoms. The highest BCUT2D eigenvalue weighted by Crippen LogP contribution is 1.99. The van der Waals surface area contributed by atoms with Gasteiger partial charge in [-0.15, -0.1) is 0 Å². The Morgan fingerprint density at radius 1 is 1.00 bits per heavy atom. The van der Waals surface area contributed by atoms with E-state index in [1.54, 1.807) is 12.1 Å². The fraction of sp³-hybridized carbons (Fsp3) is 0. The van der Waals surface area contributed by atoms with Gasteiger partial charge in [0.25, 0.3) is 0 Å². The monoisotopic (exact) mass is 165 g/mol. The Bertz CT molecular complexity index is 328. The molecule has 1 aromatic rings. The number of halogens is 1. The Hall–Kier alpha value is -1.72. The van der Waals surface area contributed by atoms with Crippen LogP contribution in [0.1, 0.15) is 11.6 Å². The van der Waals surface area contributed by atoms with Gasteiger partial charge in [-0.25, -0.2) is 0 Å². The third kappa shape index (κ3) is 1.60. The van der Waals surface area contributed by atoms with E-state index in [4.69, 9.17) is 22.1 Å². The van der Waals surface area contributed by atoms with E-state index >= 15 is 0 Å². The van der Waals surface area contributed by atoms with Crippen molar-refractivity contribution in [2.45, 2.75) is 0 Å². The largest absolute Gasteiger partial charge is 0.237 e. The van der Waals surface area contributed by atoms with E-state index < -0.39 is 0 Å². The number of nitriles is 2. The van der Waals surface area contributed by atoms with Crippen LogP contribution in [0, 0.1) is 22.7 Å². The van der Waals surface area contributed by atoms with E-state index in [0.29, 0.717) is 0 Å². The Labute approximate surface area is 66.9 Å². The van der Waals surface area contributed by atoms with Gasteiger partial charge in [0.05, 0.1) is 0 Å². The second-order valence-electron chi connectivity index (χ2n) is 1.48. The summed E-state index contributed by atoms with van der Waals surface area (Å²) < 4.78 is 0. The van der Waals surface area contributed by atoms with Crippen LogP contribution >= 0.6 is 11.6 Å². The molecule has 0 amide bonds. The maximum Gasteiger partial charge on any atom is 0.237 e. The first-order valence-corrected chi connectivity index (χ1v) is 2.86. The summed E-state index contributed by atoms with van der Waals surface area (Å²) in [4.78, 5) is 10.3. The van der Waals surface area contributed by atoms with Gasteiger partial charge in [0.2, 0.25) is 16.9 Å². The van der Waals surface area contributed by atoms with Crippen molar-refractivity contribution < 1.29 is 0 Å². The Balaban J connectivity index is 3.28. The molecule has 0 saturated heterocycles. The molecule has 0 N–H and O–H groups in total. The van der Waals surface area contributed by atoms with E-state index in [0.717, 1.165) is 0 Å². The van der Waals surface area contributed by atoms with Crippen molar-refractivity contribution in [2.24, 2.45) is 0 Å². The molecular weight excluding hydrogens is 166 g/mol. The minimum Gasteiger partial charge on any atom is -0.189 e. The molecule has 11 heavy (non-hydrogen) atoms. The van der Waals surface area contributed by atoms with Crippen LogP contribution in [-0.2, 0) is 0 Å². The first kappa shape index (κ1) is 7.39. The van der Waals surface area contributed by atoms with Crippen molar-refractivity contribution in [3.8, 4) is 12.1 Å². The fourth-order valence-corrected chi connectivity index (χ4v) is 0.610. The maximum absolute atomic E-state index is 8.31. The molecular formula is C5ClN5. The molecule has 0 aliphatic carbocycles. The summed E-state index contributed by atoms with van der Waals surface area (Å²) in [6.45, 7) is 0. The van der Waals surface area contributed by atoms with Crippen LogP contribution in [-0.4, -0.2) is 15.0 Å². The lowest BCUT2D eigenvalue weighted by Gasteiger charge is -1.88.